The second-order valence-electron chi connectivity index (χ2n) is 4.96. The standard InChI is InChI=1S/C14H22N6O.HI/c1-4-7-15-14(16-9-12-6-5-8-21-12)17-10-13-19-18-11(2)20(13)3;/h1,12H,5-10H2,2-3H3,(H2,15,16,17);1H. The minimum absolute atomic E-state index is 0. The molecule has 0 bridgehead atoms. The van der Waals surface area contributed by atoms with Gasteiger partial charge in [0.15, 0.2) is 11.8 Å². The van der Waals surface area contributed by atoms with Crippen LogP contribution in [0.5, 0.6) is 0 Å². The summed E-state index contributed by atoms with van der Waals surface area (Å²) in [6.45, 7) is 4.36. The van der Waals surface area contributed by atoms with Gasteiger partial charge in [0, 0.05) is 20.2 Å². The second-order valence-corrected chi connectivity index (χ2v) is 4.96. The molecule has 122 valence electrons. The third-order valence-electron chi connectivity index (χ3n) is 3.44. The first-order valence-corrected chi connectivity index (χ1v) is 7.13. The number of hydrogen-bond donors (Lipinski definition) is 2. The molecule has 0 amide bonds. The molecule has 2 N–H and O–H groups in total. The topological polar surface area (TPSA) is 76.4 Å². The van der Waals surface area contributed by atoms with Crippen molar-refractivity contribution in [2.45, 2.75) is 32.4 Å². The number of nitrogens with zero attached hydrogens (tertiary/aromatic N) is 4. The molecule has 1 aromatic heterocycles. The van der Waals surface area contributed by atoms with Crippen LogP contribution in [0.15, 0.2) is 4.99 Å². The minimum Gasteiger partial charge on any atom is -0.376 e. The number of rotatable bonds is 5. The second kappa shape index (κ2) is 9.63. The van der Waals surface area contributed by atoms with Gasteiger partial charge in [-0.3, -0.25) is 0 Å². The van der Waals surface area contributed by atoms with Crippen molar-refractivity contribution in [2.24, 2.45) is 12.0 Å². The zero-order valence-corrected chi connectivity index (χ0v) is 15.3. The number of aliphatic imine (C=N–C) groups is 1. The van der Waals surface area contributed by atoms with Gasteiger partial charge in [-0.25, -0.2) is 4.99 Å². The fraction of sp³-hybridized carbons (Fsp3) is 0.643. The lowest BCUT2D eigenvalue weighted by Crippen LogP contribution is -2.41. The summed E-state index contributed by atoms with van der Waals surface area (Å²) in [6, 6.07) is 0. The van der Waals surface area contributed by atoms with E-state index in [1.165, 1.54) is 0 Å². The minimum atomic E-state index is 0. The molecular formula is C14H23IN6O. The van der Waals surface area contributed by atoms with Crippen molar-refractivity contribution in [3.05, 3.63) is 11.6 Å². The zero-order chi connectivity index (χ0) is 15.1. The van der Waals surface area contributed by atoms with Crippen molar-refractivity contribution < 1.29 is 4.74 Å². The van der Waals surface area contributed by atoms with Crippen molar-refractivity contribution in [3.63, 3.8) is 0 Å². The molecule has 0 saturated carbocycles. The number of aryl methyl sites for hydroxylation is 1. The number of nitrogens with one attached hydrogen (secondary N) is 2. The van der Waals surface area contributed by atoms with Crippen LogP contribution in [0.1, 0.15) is 24.5 Å². The first kappa shape index (κ1) is 18.7. The van der Waals surface area contributed by atoms with Crippen LogP contribution in [0.25, 0.3) is 0 Å². The number of aromatic nitrogens is 3. The summed E-state index contributed by atoms with van der Waals surface area (Å²) in [4.78, 5) is 4.49. The molecule has 0 spiro atoms. The molecule has 1 saturated heterocycles. The summed E-state index contributed by atoms with van der Waals surface area (Å²) in [6.07, 6.45) is 7.73. The van der Waals surface area contributed by atoms with Gasteiger partial charge in [0.2, 0.25) is 0 Å². The van der Waals surface area contributed by atoms with E-state index in [9.17, 15) is 0 Å². The quantitative estimate of drug-likeness (QED) is 0.317. The molecule has 1 unspecified atom stereocenters. The highest BCUT2D eigenvalue weighted by molar-refractivity contribution is 14.0. The van der Waals surface area contributed by atoms with Crippen molar-refractivity contribution in [1.29, 1.82) is 0 Å². The maximum atomic E-state index is 5.58. The van der Waals surface area contributed by atoms with E-state index in [-0.39, 0.29) is 30.1 Å². The van der Waals surface area contributed by atoms with E-state index in [0.29, 0.717) is 19.0 Å². The van der Waals surface area contributed by atoms with Crippen LogP contribution in [0.4, 0.5) is 0 Å². The van der Waals surface area contributed by atoms with Gasteiger partial charge >= 0.3 is 0 Å². The van der Waals surface area contributed by atoms with Gasteiger partial charge in [0.25, 0.3) is 0 Å². The van der Waals surface area contributed by atoms with E-state index in [0.717, 1.165) is 37.6 Å². The summed E-state index contributed by atoms with van der Waals surface area (Å²) in [5, 5.41) is 14.4. The molecule has 1 aliphatic heterocycles. The average Bonchev–Trinajstić information content (AvgIpc) is 3.11. The monoisotopic (exact) mass is 418 g/mol. The molecule has 0 aromatic carbocycles. The Labute approximate surface area is 148 Å². The van der Waals surface area contributed by atoms with Crippen molar-refractivity contribution in [3.8, 4) is 12.3 Å². The maximum absolute atomic E-state index is 5.58. The Hall–Kier alpha value is -1.34. The van der Waals surface area contributed by atoms with E-state index in [1.54, 1.807) is 0 Å². The van der Waals surface area contributed by atoms with Crippen molar-refractivity contribution in [2.75, 3.05) is 19.7 Å². The van der Waals surface area contributed by atoms with E-state index >= 15 is 0 Å². The normalized spacial score (nSPS) is 17.7. The SMILES string of the molecule is C#CCNC(=NCc1nnc(C)n1C)NCC1CCCO1.I. The predicted molar refractivity (Wildman–Crippen MR) is 96.1 cm³/mol. The Kier molecular flexibility index (Phi) is 8.19. The summed E-state index contributed by atoms with van der Waals surface area (Å²) in [5.74, 6) is 4.89. The van der Waals surface area contributed by atoms with Crippen LogP contribution in [0.3, 0.4) is 0 Å². The first-order chi connectivity index (χ1) is 10.2. The van der Waals surface area contributed by atoms with Crippen molar-refractivity contribution >= 4 is 29.9 Å². The van der Waals surface area contributed by atoms with Crippen LogP contribution in [0.2, 0.25) is 0 Å². The van der Waals surface area contributed by atoms with Crippen LogP contribution >= 0.6 is 24.0 Å². The summed E-state index contributed by atoms with van der Waals surface area (Å²) >= 11 is 0. The van der Waals surface area contributed by atoms with Gasteiger partial charge in [-0.15, -0.1) is 40.6 Å². The molecule has 22 heavy (non-hydrogen) atoms. The fourth-order valence-corrected chi connectivity index (χ4v) is 2.06. The average molecular weight is 418 g/mol. The Morgan fingerprint density at radius 2 is 2.32 bits per heavy atom. The number of ether oxygens (including phenoxy) is 1. The van der Waals surface area contributed by atoms with Crippen LogP contribution < -0.4 is 10.6 Å². The molecule has 2 rings (SSSR count). The Bertz CT molecular complexity index is 530. The van der Waals surface area contributed by atoms with E-state index < -0.39 is 0 Å². The lowest BCUT2D eigenvalue weighted by molar-refractivity contribution is 0.114. The van der Waals surface area contributed by atoms with E-state index in [1.807, 2.05) is 18.5 Å². The number of guanidine groups is 1. The molecule has 1 atom stereocenters. The Morgan fingerprint density at radius 3 is 2.91 bits per heavy atom. The maximum Gasteiger partial charge on any atom is 0.192 e. The summed E-state index contributed by atoms with van der Waals surface area (Å²) in [7, 11) is 1.93. The highest BCUT2D eigenvalue weighted by Gasteiger charge is 2.15. The molecule has 7 nitrogen and oxygen atoms in total. The van der Waals surface area contributed by atoms with Gasteiger partial charge in [0.1, 0.15) is 12.4 Å². The fourth-order valence-electron chi connectivity index (χ4n) is 2.06. The molecule has 1 aromatic rings. The van der Waals surface area contributed by atoms with Crippen LogP contribution in [-0.4, -0.2) is 46.5 Å². The number of halogens is 1. The first-order valence-electron chi connectivity index (χ1n) is 7.13. The van der Waals surface area contributed by atoms with Gasteiger partial charge in [-0.05, 0) is 19.8 Å². The highest BCUT2D eigenvalue weighted by Crippen LogP contribution is 2.10. The lowest BCUT2D eigenvalue weighted by Gasteiger charge is -2.14. The van der Waals surface area contributed by atoms with E-state index in [2.05, 4.69) is 31.7 Å². The smallest absolute Gasteiger partial charge is 0.192 e. The Balaban J connectivity index is 0.00000242. The van der Waals surface area contributed by atoms with E-state index in [4.69, 9.17) is 11.2 Å². The van der Waals surface area contributed by atoms with Crippen LogP contribution in [-0.2, 0) is 18.3 Å². The largest absolute Gasteiger partial charge is 0.376 e. The van der Waals surface area contributed by atoms with Crippen LogP contribution in [0, 0.1) is 19.3 Å². The molecule has 2 heterocycles. The molecule has 0 aliphatic carbocycles. The van der Waals surface area contributed by atoms with Gasteiger partial charge in [-0.1, -0.05) is 5.92 Å². The van der Waals surface area contributed by atoms with Crippen molar-refractivity contribution in [1.82, 2.24) is 25.4 Å². The molecule has 1 aliphatic rings. The zero-order valence-electron chi connectivity index (χ0n) is 13.0. The predicted octanol–water partition coefficient (Wildman–Crippen LogP) is 0.589. The molecular weight excluding hydrogens is 395 g/mol. The Morgan fingerprint density at radius 1 is 1.50 bits per heavy atom. The number of hydrogen-bond acceptors (Lipinski definition) is 4. The number of terminal acetylenes is 1. The molecule has 0 radical (unpaired) electrons. The molecule has 8 heteroatoms. The third kappa shape index (κ3) is 5.46. The molecule has 1 fully saturated rings. The van der Waals surface area contributed by atoms with Gasteiger partial charge < -0.3 is 19.9 Å². The highest BCUT2D eigenvalue weighted by atomic mass is 127. The summed E-state index contributed by atoms with van der Waals surface area (Å²) in [5.41, 5.74) is 0. The van der Waals surface area contributed by atoms with Gasteiger partial charge in [0.05, 0.1) is 12.6 Å². The third-order valence-corrected chi connectivity index (χ3v) is 3.44. The lowest BCUT2D eigenvalue weighted by atomic mass is 10.2. The summed E-state index contributed by atoms with van der Waals surface area (Å²) < 4.78 is 7.50. The van der Waals surface area contributed by atoms with Gasteiger partial charge in [-0.2, -0.15) is 0 Å².